The number of allylic oxidation sites excluding steroid dienone is 20. The van der Waals surface area contributed by atoms with Crippen molar-refractivity contribution in [2.45, 2.75) is 219 Å². The first-order valence-corrected chi connectivity index (χ1v) is 26.1. The van der Waals surface area contributed by atoms with E-state index in [2.05, 4.69) is 106 Å². The molecule has 6 nitrogen and oxygen atoms in total. The van der Waals surface area contributed by atoms with Crippen LogP contribution < -0.4 is 0 Å². The zero-order valence-electron chi connectivity index (χ0n) is 41.7. The van der Waals surface area contributed by atoms with Crippen LogP contribution in [0, 0.1) is 0 Å². The second kappa shape index (κ2) is 52.4. The molecular weight excluding hydrogens is 805 g/mol. The summed E-state index contributed by atoms with van der Waals surface area (Å²) in [6.07, 6.45) is 71.8. The van der Waals surface area contributed by atoms with E-state index in [4.69, 9.17) is 14.2 Å². The van der Waals surface area contributed by atoms with Crippen LogP contribution in [-0.2, 0) is 28.6 Å². The van der Waals surface area contributed by atoms with Crippen LogP contribution in [0.5, 0.6) is 0 Å². The minimum atomic E-state index is -0.821. The Kier molecular flexibility index (Phi) is 49.1. The van der Waals surface area contributed by atoms with Crippen molar-refractivity contribution in [2.75, 3.05) is 13.2 Å². The lowest BCUT2D eigenvalue weighted by Crippen LogP contribution is -2.30. The topological polar surface area (TPSA) is 78.9 Å². The van der Waals surface area contributed by atoms with E-state index < -0.39 is 6.10 Å². The summed E-state index contributed by atoms with van der Waals surface area (Å²) < 4.78 is 16.7. The summed E-state index contributed by atoms with van der Waals surface area (Å²) in [5.74, 6) is -1.01. The van der Waals surface area contributed by atoms with Gasteiger partial charge in [0, 0.05) is 19.3 Å². The zero-order valence-corrected chi connectivity index (χ0v) is 41.7. The fraction of sp³-hybridized carbons (Fsp3) is 0.610. The number of esters is 3. The highest BCUT2D eigenvalue weighted by Crippen LogP contribution is 2.12. The Bertz CT molecular complexity index is 1400. The Balaban J connectivity index is 4.53. The molecule has 1 atom stereocenters. The molecule has 1 unspecified atom stereocenters. The first kappa shape index (κ1) is 60.8. The molecule has 0 saturated carbocycles. The molecule has 0 amide bonds. The highest BCUT2D eigenvalue weighted by Gasteiger charge is 2.19. The molecule has 0 aromatic heterocycles. The SMILES string of the molecule is CC\C=C/C=C\C=C/C=C\CCCCCC(=O)OCC(COC(=O)CCCCCCC/C=C\C=C/CCCCCCCCC)OC(=O)CCCCC/C=C\C/C=C\C/C=C\C/C=C\CC. The van der Waals surface area contributed by atoms with Crippen LogP contribution in [-0.4, -0.2) is 37.2 Å². The fourth-order valence-electron chi connectivity index (χ4n) is 6.67. The molecule has 0 fully saturated rings. The fourth-order valence-corrected chi connectivity index (χ4v) is 6.67. The maximum atomic E-state index is 12.8. The number of carbonyl (C=O) groups is 3. The predicted octanol–water partition coefficient (Wildman–Crippen LogP) is 17.3. The summed E-state index contributed by atoms with van der Waals surface area (Å²) in [6.45, 7) is 6.29. The predicted molar refractivity (Wildman–Crippen MR) is 279 cm³/mol. The van der Waals surface area contributed by atoms with Crippen LogP contribution in [0.2, 0.25) is 0 Å². The van der Waals surface area contributed by atoms with E-state index in [1.54, 1.807) is 0 Å². The molecule has 366 valence electrons. The standard InChI is InChI=1S/C59H94O6/c1-4-7-10-13-16-19-22-25-27-29-30-32-34-37-40-43-46-49-52-58(61)64-55-56(54-63-57(60)51-48-45-42-39-36-33-24-21-18-15-12-9-6-3)65-59(62)53-50-47-44-41-38-35-31-28-26-23-20-17-14-11-8-5-2/h8-9,11-12,15,17-18,20-21,24,26-30,32-33,35-36,38,56H,4-7,10,13-14,16,19,22-23,25,31,34,37,39-55H2,1-3H3/b11-8-,12-9-,18-15-,20-17-,24-21-,28-26-,29-27-,32-30-,36-33-,38-35-. The molecule has 0 saturated heterocycles. The second-order valence-corrected chi connectivity index (χ2v) is 16.8. The number of hydrogen-bond acceptors (Lipinski definition) is 6. The Labute approximate surface area is 399 Å². The highest BCUT2D eigenvalue weighted by molar-refractivity contribution is 5.71. The van der Waals surface area contributed by atoms with Gasteiger partial charge in [0.15, 0.2) is 6.10 Å². The van der Waals surface area contributed by atoms with Crippen molar-refractivity contribution in [3.05, 3.63) is 122 Å². The van der Waals surface area contributed by atoms with Gasteiger partial charge >= 0.3 is 17.9 Å². The maximum absolute atomic E-state index is 12.8. The third kappa shape index (κ3) is 50.7. The molecule has 0 aliphatic carbocycles. The summed E-state index contributed by atoms with van der Waals surface area (Å²) in [7, 11) is 0. The number of ether oxygens (including phenoxy) is 3. The van der Waals surface area contributed by atoms with Gasteiger partial charge < -0.3 is 14.2 Å². The normalized spacial score (nSPS) is 13.1. The quantitative estimate of drug-likeness (QED) is 0.0199. The first-order valence-electron chi connectivity index (χ1n) is 26.1. The van der Waals surface area contributed by atoms with E-state index in [1.807, 2.05) is 36.5 Å². The summed E-state index contributed by atoms with van der Waals surface area (Å²) in [6, 6.07) is 0. The van der Waals surface area contributed by atoms with Gasteiger partial charge in [-0.15, -0.1) is 0 Å². The Morgan fingerprint density at radius 3 is 1.15 bits per heavy atom. The van der Waals surface area contributed by atoms with Crippen LogP contribution in [0.25, 0.3) is 0 Å². The highest BCUT2D eigenvalue weighted by atomic mass is 16.6. The summed E-state index contributed by atoms with van der Waals surface area (Å²) in [5, 5.41) is 0. The molecule has 0 rings (SSSR count). The lowest BCUT2D eigenvalue weighted by molar-refractivity contribution is -0.167. The Morgan fingerprint density at radius 1 is 0.338 bits per heavy atom. The van der Waals surface area contributed by atoms with Gasteiger partial charge in [-0.2, -0.15) is 0 Å². The lowest BCUT2D eigenvalue weighted by Gasteiger charge is -2.18. The van der Waals surface area contributed by atoms with Crippen LogP contribution in [0.15, 0.2) is 122 Å². The minimum Gasteiger partial charge on any atom is -0.462 e. The van der Waals surface area contributed by atoms with Crippen LogP contribution in [0.4, 0.5) is 0 Å². The third-order valence-electron chi connectivity index (χ3n) is 10.6. The molecule has 0 aliphatic heterocycles. The van der Waals surface area contributed by atoms with Gasteiger partial charge in [0.25, 0.3) is 0 Å². The van der Waals surface area contributed by atoms with E-state index in [1.165, 1.54) is 51.4 Å². The van der Waals surface area contributed by atoms with Crippen molar-refractivity contribution in [1.82, 2.24) is 0 Å². The molecule has 0 aromatic carbocycles. The molecule has 0 aliphatic rings. The molecule has 0 spiro atoms. The molecule has 65 heavy (non-hydrogen) atoms. The van der Waals surface area contributed by atoms with Gasteiger partial charge in [-0.25, -0.2) is 0 Å². The summed E-state index contributed by atoms with van der Waals surface area (Å²) in [4.78, 5) is 38.0. The van der Waals surface area contributed by atoms with Crippen molar-refractivity contribution in [3.8, 4) is 0 Å². The van der Waals surface area contributed by atoms with Gasteiger partial charge in [0.05, 0.1) is 0 Å². The van der Waals surface area contributed by atoms with Gasteiger partial charge in [-0.05, 0) is 103 Å². The second-order valence-electron chi connectivity index (χ2n) is 16.8. The van der Waals surface area contributed by atoms with E-state index in [0.717, 1.165) is 116 Å². The van der Waals surface area contributed by atoms with Crippen LogP contribution in [0.3, 0.4) is 0 Å². The largest absolute Gasteiger partial charge is 0.462 e. The maximum Gasteiger partial charge on any atom is 0.306 e. The molecule has 0 radical (unpaired) electrons. The van der Waals surface area contributed by atoms with E-state index in [-0.39, 0.29) is 37.5 Å². The van der Waals surface area contributed by atoms with E-state index in [9.17, 15) is 14.4 Å². The molecule has 6 heteroatoms. The summed E-state index contributed by atoms with van der Waals surface area (Å²) in [5.41, 5.74) is 0. The van der Waals surface area contributed by atoms with Crippen molar-refractivity contribution < 1.29 is 28.6 Å². The minimum absolute atomic E-state index is 0.116. The van der Waals surface area contributed by atoms with E-state index >= 15 is 0 Å². The van der Waals surface area contributed by atoms with Crippen molar-refractivity contribution in [3.63, 3.8) is 0 Å². The molecule has 0 heterocycles. The molecular formula is C59H94O6. The monoisotopic (exact) mass is 899 g/mol. The van der Waals surface area contributed by atoms with Gasteiger partial charge in [-0.1, -0.05) is 213 Å². The van der Waals surface area contributed by atoms with Gasteiger partial charge in [0.2, 0.25) is 0 Å². The Hall–Kier alpha value is -4.19. The number of carbonyl (C=O) groups excluding carboxylic acids is 3. The lowest BCUT2D eigenvalue weighted by atomic mass is 10.1. The number of unbranched alkanes of at least 4 members (excludes halogenated alkanes) is 18. The third-order valence-corrected chi connectivity index (χ3v) is 10.6. The van der Waals surface area contributed by atoms with Crippen LogP contribution >= 0.6 is 0 Å². The summed E-state index contributed by atoms with van der Waals surface area (Å²) >= 11 is 0. The Morgan fingerprint density at radius 2 is 0.677 bits per heavy atom. The number of rotatable bonds is 45. The van der Waals surface area contributed by atoms with E-state index in [0.29, 0.717) is 19.3 Å². The van der Waals surface area contributed by atoms with Crippen molar-refractivity contribution in [2.24, 2.45) is 0 Å². The molecule has 0 aromatic rings. The van der Waals surface area contributed by atoms with Crippen molar-refractivity contribution >= 4 is 17.9 Å². The van der Waals surface area contributed by atoms with Crippen LogP contribution in [0.1, 0.15) is 213 Å². The molecule has 0 N–H and O–H groups in total. The van der Waals surface area contributed by atoms with Gasteiger partial charge in [0.1, 0.15) is 13.2 Å². The average Bonchev–Trinajstić information content (AvgIpc) is 3.30. The average molecular weight is 899 g/mol. The zero-order chi connectivity index (χ0) is 47.2. The van der Waals surface area contributed by atoms with Crippen molar-refractivity contribution in [1.29, 1.82) is 0 Å². The van der Waals surface area contributed by atoms with Gasteiger partial charge in [-0.3, -0.25) is 14.4 Å². The first-order chi connectivity index (χ1) is 32.0. The molecule has 0 bridgehead atoms. The number of hydrogen-bond donors (Lipinski definition) is 0. The smallest absolute Gasteiger partial charge is 0.306 e.